The Morgan fingerprint density at radius 3 is 2.43 bits per heavy atom. The fourth-order valence-electron chi connectivity index (χ4n) is 3.20. The van der Waals surface area contributed by atoms with Crippen LogP contribution in [0.3, 0.4) is 0 Å². The molecule has 0 unspecified atom stereocenters. The Labute approximate surface area is 176 Å². The second-order valence-corrected chi connectivity index (χ2v) is 8.91. The molecule has 0 bridgehead atoms. The van der Waals surface area contributed by atoms with E-state index in [1.807, 2.05) is 67.6 Å². The number of anilines is 1. The summed E-state index contributed by atoms with van der Waals surface area (Å²) < 4.78 is 32.4. The largest absolute Gasteiger partial charge is 0.457 e. The smallest absolute Gasteiger partial charge is 0.232 e. The van der Waals surface area contributed by atoms with E-state index in [4.69, 9.17) is 4.74 Å². The molecule has 0 aliphatic carbocycles. The molecule has 1 heterocycles. The Kier molecular flexibility index (Phi) is 5.72. The van der Waals surface area contributed by atoms with E-state index in [2.05, 4.69) is 14.7 Å². The standard InChI is InChI=1S/C23H23N3O3S/c1-2-14-30(27,28)26-18-10-13-21-22(16-18)25-23(24-21)15-17-8-11-20(12-9-17)29-19-6-4-3-5-7-19/h3-13,16,26H,2,14-15H2,1H3,(H,24,25). The van der Waals surface area contributed by atoms with Gasteiger partial charge >= 0.3 is 0 Å². The maximum atomic E-state index is 12.0. The Bertz CT molecular complexity index is 1230. The fourth-order valence-corrected chi connectivity index (χ4v) is 4.33. The van der Waals surface area contributed by atoms with Gasteiger partial charge in [-0.2, -0.15) is 0 Å². The molecule has 4 aromatic rings. The molecular formula is C23H23N3O3S. The Balaban J connectivity index is 1.46. The topological polar surface area (TPSA) is 84.1 Å². The van der Waals surface area contributed by atoms with Crippen LogP contribution in [-0.2, 0) is 16.4 Å². The maximum absolute atomic E-state index is 12.0. The van der Waals surface area contributed by atoms with E-state index in [9.17, 15) is 8.42 Å². The normalized spacial score (nSPS) is 11.5. The highest BCUT2D eigenvalue weighted by molar-refractivity contribution is 7.92. The van der Waals surface area contributed by atoms with Gasteiger partial charge in [0.15, 0.2) is 0 Å². The lowest BCUT2D eigenvalue weighted by Crippen LogP contribution is -2.15. The Morgan fingerprint density at radius 2 is 1.70 bits per heavy atom. The molecule has 0 radical (unpaired) electrons. The first kappa shape index (κ1) is 20.0. The number of sulfonamides is 1. The summed E-state index contributed by atoms with van der Waals surface area (Å²) in [4.78, 5) is 7.89. The van der Waals surface area contributed by atoms with Crippen LogP contribution in [0, 0.1) is 0 Å². The first-order chi connectivity index (χ1) is 14.5. The monoisotopic (exact) mass is 421 g/mol. The lowest BCUT2D eigenvalue weighted by atomic mass is 10.1. The van der Waals surface area contributed by atoms with E-state index >= 15 is 0 Å². The minimum absolute atomic E-state index is 0.100. The molecule has 2 N–H and O–H groups in total. The second kappa shape index (κ2) is 8.59. The molecular weight excluding hydrogens is 398 g/mol. The van der Waals surface area contributed by atoms with Gasteiger partial charge in [-0.25, -0.2) is 13.4 Å². The van der Waals surface area contributed by atoms with Crippen LogP contribution in [0.4, 0.5) is 5.69 Å². The summed E-state index contributed by atoms with van der Waals surface area (Å²) in [5, 5.41) is 0. The molecule has 0 aliphatic heterocycles. The lowest BCUT2D eigenvalue weighted by molar-refractivity contribution is 0.482. The van der Waals surface area contributed by atoms with E-state index < -0.39 is 10.0 Å². The number of para-hydroxylation sites is 1. The van der Waals surface area contributed by atoms with Crippen molar-refractivity contribution in [3.63, 3.8) is 0 Å². The van der Waals surface area contributed by atoms with Crippen LogP contribution >= 0.6 is 0 Å². The molecule has 154 valence electrons. The molecule has 6 nitrogen and oxygen atoms in total. The predicted octanol–water partition coefficient (Wildman–Crippen LogP) is 5.10. The first-order valence-electron chi connectivity index (χ1n) is 9.82. The molecule has 1 aromatic heterocycles. The summed E-state index contributed by atoms with van der Waals surface area (Å²) >= 11 is 0. The third kappa shape index (κ3) is 4.99. The van der Waals surface area contributed by atoms with Gasteiger partial charge in [0.25, 0.3) is 0 Å². The zero-order chi connectivity index (χ0) is 21.0. The van der Waals surface area contributed by atoms with E-state index in [0.717, 1.165) is 33.9 Å². The van der Waals surface area contributed by atoms with Crippen LogP contribution in [0.2, 0.25) is 0 Å². The Morgan fingerprint density at radius 1 is 0.967 bits per heavy atom. The number of hydrogen-bond donors (Lipinski definition) is 2. The van der Waals surface area contributed by atoms with Crippen molar-refractivity contribution in [3.05, 3.63) is 84.2 Å². The summed E-state index contributed by atoms with van der Waals surface area (Å²) in [7, 11) is -3.32. The number of ether oxygens (including phenoxy) is 1. The van der Waals surface area contributed by atoms with Crippen molar-refractivity contribution in [2.24, 2.45) is 0 Å². The van der Waals surface area contributed by atoms with Gasteiger partial charge in [-0.05, 0) is 54.4 Å². The van der Waals surface area contributed by atoms with Crippen molar-refractivity contribution in [2.75, 3.05) is 10.5 Å². The summed E-state index contributed by atoms with van der Waals surface area (Å²) in [6.45, 7) is 1.84. The number of nitrogens with one attached hydrogen (secondary N) is 2. The van der Waals surface area contributed by atoms with Gasteiger partial charge in [0, 0.05) is 6.42 Å². The molecule has 0 fully saturated rings. The van der Waals surface area contributed by atoms with Crippen LogP contribution in [0.5, 0.6) is 11.5 Å². The number of aromatic amines is 1. The summed E-state index contributed by atoms with van der Waals surface area (Å²) in [5.41, 5.74) is 3.23. The van der Waals surface area contributed by atoms with Crippen molar-refractivity contribution in [1.29, 1.82) is 0 Å². The molecule has 0 saturated carbocycles. The van der Waals surface area contributed by atoms with Gasteiger partial charge in [-0.15, -0.1) is 0 Å². The van der Waals surface area contributed by atoms with Gasteiger partial charge in [-0.3, -0.25) is 4.72 Å². The van der Waals surface area contributed by atoms with Crippen molar-refractivity contribution in [1.82, 2.24) is 9.97 Å². The fraction of sp³-hybridized carbons (Fsp3) is 0.174. The van der Waals surface area contributed by atoms with Gasteiger partial charge in [0.2, 0.25) is 10.0 Å². The maximum Gasteiger partial charge on any atom is 0.232 e. The number of H-pyrrole nitrogens is 1. The zero-order valence-corrected chi connectivity index (χ0v) is 17.4. The predicted molar refractivity (Wildman–Crippen MR) is 120 cm³/mol. The van der Waals surface area contributed by atoms with Gasteiger partial charge in [0.05, 0.1) is 22.5 Å². The molecule has 0 aliphatic rings. The van der Waals surface area contributed by atoms with Crippen molar-refractivity contribution >= 4 is 26.7 Å². The molecule has 0 atom stereocenters. The highest BCUT2D eigenvalue weighted by Gasteiger charge is 2.11. The number of rotatable bonds is 8. The van der Waals surface area contributed by atoms with Crippen LogP contribution in [0.1, 0.15) is 24.7 Å². The number of fused-ring (bicyclic) bond motifs is 1. The van der Waals surface area contributed by atoms with Gasteiger partial charge in [0.1, 0.15) is 17.3 Å². The quantitative estimate of drug-likeness (QED) is 0.415. The van der Waals surface area contributed by atoms with Crippen LogP contribution in [0.15, 0.2) is 72.8 Å². The van der Waals surface area contributed by atoms with Crippen LogP contribution in [0.25, 0.3) is 11.0 Å². The molecule has 7 heteroatoms. The van der Waals surface area contributed by atoms with Crippen LogP contribution < -0.4 is 9.46 Å². The van der Waals surface area contributed by atoms with Gasteiger partial charge < -0.3 is 9.72 Å². The van der Waals surface area contributed by atoms with Crippen molar-refractivity contribution < 1.29 is 13.2 Å². The molecule has 0 saturated heterocycles. The number of hydrogen-bond acceptors (Lipinski definition) is 4. The SMILES string of the molecule is CCCS(=O)(=O)Nc1ccc2nc(Cc3ccc(Oc4ccccc4)cc3)[nH]c2c1. The molecule has 30 heavy (non-hydrogen) atoms. The lowest BCUT2D eigenvalue weighted by Gasteiger charge is -2.06. The average Bonchev–Trinajstić information content (AvgIpc) is 3.11. The highest BCUT2D eigenvalue weighted by atomic mass is 32.2. The van der Waals surface area contributed by atoms with Crippen LogP contribution in [-0.4, -0.2) is 24.1 Å². The minimum atomic E-state index is -3.32. The number of imidazole rings is 1. The summed E-state index contributed by atoms with van der Waals surface area (Å²) in [6.07, 6.45) is 1.21. The third-order valence-corrected chi connectivity index (χ3v) is 6.04. The molecule has 0 spiro atoms. The molecule has 3 aromatic carbocycles. The summed E-state index contributed by atoms with van der Waals surface area (Å²) in [6, 6.07) is 22.9. The van der Waals surface area contributed by atoms with E-state index in [1.165, 1.54) is 0 Å². The average molecular weight is 422 g/mol. The number of benzene rings is 3. The third-order valence-electron chi connectivity index (χ3n) is 4.55. The van der Waals surface area contributed by atoms with Crippen molar-refractivity contribution in [3.8, 4) is 11.5 Å². The van der Waals surface area contributed by atoms with E-state index in [-0.39, 0.29) is 5.75 Å². The van der Waals surface area contributed by atoms with Crippen molar-refractivity contribution in [2.45, 2.75) is 19.8 Å². The molecule has 4 rings (SSSR count). The van der Waals surface area contributed by atoms with E-state index in [1.54, 1.807) is 12.1 Å². The first-order valence-corrected chi connectivity index (χ1v) is 11.5. The number of nitrogens with zero attached hydrogens (tertiary/aromatic N) is 1. The number of aromatic nitrogens is 2. The summed E-state index contributed by atoms with van der Waals surface area (Å²) in [5.74, 6) is 2.49. The Hall–Kier alpha value is -3.32. The zero-order valence-electron chi connectivity index (χ0n) is 16.6. The van der Waals surface area contributed by atoms with E-state index in [0.29, 0.717) is 18.5 Å². The highest BCUT2D eigenvalue weighted by Crippen LogP contribution is 2.23. The minimum Gasteiger partial charge on any atom is -0.457 e. The second-order valence-electron chi connectivity index (χ2n) is 7.07. The molecule has 0 amide bonds. The van der Waals surface area contributed by atoms with Gasteiger partial charge in [-0.1, -0.05) is 37.3 Å².